The summed E-state index contributed by atoms with van der Waals surface area (Å²) in [5.74, 6) is -0.915. The van der Waals surface area contributed by atoms with Crippen molar-refractivity contribution in [2.75, 3.05) is 13.1 Å². The molecule has 2 N–H and O–H groups in total. The van der Waals surface area contributed by atoms with E-state index in [1.165, 1.54) is 30.3 Å². The summed E-state index contributed by atoms with van der Waals surface area (Å²) < 4.78 is 13.0. The van der Waals surface area contributed by atoms with Gasteiger partial charge in [0.1, 0.15) is 11.6 Å². The van der Waals surface area contributed by atoms with Crippen molar-refractivity contribution < 1.29 is 23.9 Å². The molecule has 0 bridgehead atoms. The Morgan fingerprint density at radius 3 is 2.48 bits per heavy atom. The average molecular weight is 414 g/mol. The lowest BCUT2D eigenvalue weighted by atomic mass is 10.1. The molecule has 0 spiro atoms. The second kappa shape index (κ2) is 9.38. The van der Waals surface area contributed by atoms with Crippen molar-refractivity contribution in [1.82, 2.24) is 10.2 Å². The van der Waals surface area contributed by atoms with E-state index >= 15 is 0 Å². The molecule has 29 heavy (non-hydrogen) atoms. The number of halogens is 1. The maximum Gasteiger partial charge on any atom is 0.293 e. The number of carbonyl (C=O) groups excluding carboxylic acids is 3. The van der Waals surface area contributed by atoms with Gasteiger partial charge >= 0.3 is 0 Å². The number of nitrogens with zero attached hydrogens (tertiary/aromatic N) is 1. The first-order valence-electron chi connectivity index (χ1n) is 8.98. The fourth-order valence-corrected chi connectivity index (χ4v) is 3.58. The summed E-state index contributed by atoms with van der Waals surface area (Å²) in [6, 6.07) is 12.3. The molecule has 0 atom stereocenters. The number of nitrogens with one attached hydrogen (secondary N) is 1. The van der Waals surface area contributed by atoms with Crippen LogP contribution in [0.1, 0.15) is 17.5 Å². The molecule has 0 aromatic heterocycles. The molecule has 2 aromatic rings. The number of phenols is 1. The molecule has 6 nitrogen and oxygen atoms in total. The van der Waals surface area contributed by atoms with E-state index in [4.69, 9.17) is 0 Å². The van der Waals surface area contributed by atoms with Crippen molar-refractivity contribution in [1.29, 1.82) is 0 Å². The molecule has 2 aromatic carbocycles. The third-order valence-electron chi connectivity index (χ3n) is 4.28. The van der Waals surface area contributed by atoms with Gasteiger partial charge in [-0.25, -0.2) is 4.39 Å². The Balaban J connectivity index is 1.47. The second-order valence-corrected chi connectivity index (χ2v) is 7.39. The van der Waals surface area contributed by atoms with E-state index in [0.29, 0.717) is 18.5 Å². The van der Waals surface area contributed by atoms with Crippen LogP contribution in [0.3, 0.4) is 0 Å². The number of phenolic OH excluding ortho intramolecular Hbond substituents is 1. The minimum atomic E-state index is -0.457. The summed E-state index contributed by atoms with van der Waals surface area (Å²) in [7, 11) is 0. The highest BCUT2D eigenvalue weighted by Gasteiger charge is 2.34. The maximum absolute atomic E-state index is 13.0. The minimum Gasteiger partial charge on any atom is -0.508 e. The predicted molar refractivity (Wildman–Crippen MR) is 109 cm³/mol. The zero-order chi connectivity index (χ0) is 20.8. The van der Waals surface area contributed by atoms with E-state index in [0.717, 1.165) is 22.2 Å². The topological polar surface area (TPSA) is 86.7 Å². The molecule has 1 aliphatic rings. The largest absolute Gasteiger partial charge is 0.508 e. The molecule has 3 rings (SSSR count). The van der Waals surface area contributed by atoms with Crippen LogP contribution in [0.25, 0.3) is 6.08 Å². The Labute approximate surface area is 171 Å². The highest BCUT2D eigenvalue weighted by atomic mass is 32.2. The van der Waals surface area contributed by atoms with Crippen molar-refractivity contribution in [2.45, 2.75) is 12.8 Å². The molecule has 1 aliphatic heterocycles. The van der Waals surface area contributed by atoms with Crippen LogP contribution in [0.15, 0.2) is 53.4 Å². The average Bonchev–Trinajstić information content (AvgIpc) is 2.96. The molecule has 0 radical (unpaired) electrons. The molecular formula is C21H19FN2O4S. The van der Waals surface area contributed by atoms with Crippen molar-refractivity contribution in [2.24, 2.45) is 0 Å². The lowest BCUT2D eigenvalue weighted by Crippen LogP contribution is -2.34. The summed E-state index contributed by atoms with van der Waals surface area (Å²) in [4.78, 5) is 37.8. The van der Waals surface area contributed by atoms with Gasteiger partial charge in [-0.2, -0.15) is 0 Å². The maximum atomic E-state index is 13.0. The number of hydrogen-bond donors (Lipinski definition) is 2. The van der Waals surface area contributed by atoms with Crippen LogP contribution in [-0.4, -0.2) is 40.1 Å². The quantitative estimate of drug-likeness (QED) is 0.679. The first kappa shape index (κ1) is 20.6. The van der Waals surface area contributed by atoms with Crippen molar-refractivity contribution in [3.05, 3.63) is 70.4 Å². The number of aromatic hydroxyl groups is 1. The fourth-order valence-electron chi connectivity index (χ4n) is 2.71. The van der Waals surface area contributed by atoms with Gasteiger partial charge in [0.25, 0.3) is 11.1 Å². The number of benzene rings is 2. The number of hydrogen-bond acceptors (Lipinski definition) is 5. The minimum absolute atomic E-state index is 0.00350. The van der Waals surface area contributed by atoms with Gasteiger partial charge < -0.3 is 10.4 Å². The molecule has 1 saturated heterocycles. The van der Waals surface area contributed by atoms with Crippen LogP contribution in [0, 0.1) is 5.82 Å². The molecule has 1 fully saturated rings. The molecule has 0 saturated carbocycles. The van der Waals surface area contributed by atoms with E-state index in [2.05, 4.69) is 5.32 Å². The Hall–Kier alpha value is -3.13. The van der Waals surface area contributed by atoms with Crippen LogP contribution in [0.5, 0.6) is 5.75 Å². The third-order valence-corrected chi connectivity index (χ3v) is 5.18. The normalized spacial score (nSPS) is 15.2. The number of imide groups is 1. The summed E-state index contributed by atoms with van der Waals surface area (Å²) in [6.07, 6.45) is 2.15. The molecule has 0 unspecified atom stereocenters. The van der Waals surface area contributed by atoms with Crippen molar-refractivity contribution in [3.8, 4) is 5.75 Å². The van der Waals surface area contributed by atoms with Crippen molar-refractivity contribution in [3.63, 3.8) is 0 Å². The number of carbonyl (C=O) groups is 3. The zero-order valence-corrected chi connectivity index (χ0v) is 16.2. The highest BCUT2D eigenvalue weighted by molar-refractivity contribution is 8.18. The van der Waals surface area contributed by atoms with Gasteiger partial charge in [-0.3, -0.25) is 19.3 Å². The number of thioether (sulfide) groups is 1. The standard InChI is InChI=1S/C21H19FN2O4S/c22-16-5-1-15(2-6-16)13-18-20(27)24(21(28)29-18)12-10-19(26)23-11-9-14-3-7-17(25)8-4-14/h1-8,13,25H,9-12H2,(H,23,26). The molecule has 8 heteroatoms. The second-order valence-electron chi connectivity index (χ2n) is 6.40. The Morgan fingerprint density at radius 1 is 1.10 bits per heavy atom. The predicted octanol–water partition coefficient (Wildman–Crippen LogP) is 3.32. The van der Waals surface area contributed by atoms with Gasteiger partial charge in [-0.15, -0.1) is 0 Å². The van der Waals surface area contributed by atoms with E-state index in [1.54, 1.807) is 24.3 Å². The monoisotopic (exact) mass is 414 g/mol. The number of amides is 3. The van der Waals surface area contributed by atoms with Crippen LogP contribution in [0.2, 0.25) is 0 Å². The van der Waals surface area contributed by atoms with Gasteiger partial charge in [0.2, 0.25) is 5.91 Å². The summed E-state index contributed by atoms with van der Waals surface area (Å²) in [5.41, 5.74) is 1.59. The Kier molecular flexibility index (Phi) is 6.66. The van der Waals surface area contributed by atoms with Gasteiger partial charge in [0.05, 0.1) is 4.91 Å². The SMILES string of the molecule is O=C(CCN1C(=O)SC(=Cc2ccc(F)cc2)C1=O)NCCc1ccc(O)cc1. The molecule has 1 heterocycles. The Bertz CT molecular complexity index is 942. The van der Waals surface area contributed by atoms with Gasteiger partial charge in [-0.05, 0) is 59.7 Å². The molecule has 150 valence electrons. The van der Waals surface area contributed by atoms with E-state index in [1.807, 2.05) is 0 Å². The van der Waals surface area contributed by atoms with E-state index < -0.39 is 11.1 Å². The van der Waals surface area contributed by atoms with Crippen LogP contribution in [-0.2, 0) is 16.0 Å². The van der Waals surface area contributed by atoms with Gasteiger partial charge in [0, 0.05) is 19.5 Å². The zero-order valence-electron chi connectivity index (χ0n) is 15.4. The lowest BCUT2D eigenvalue weighted by Gasteiger charge is -2.12. The lowest BCUT2D eigenvalue weighted by molar-refractivity contribution is -0.124. The Morgan fingerprint density at radius 2 is 1.79 bits per heavy atom. The van der Waals surface area contributed by atoms with Crippen LogP contribution < -0.4 is 5.32 Å². The van der Waals surface area contributed by atoms with Gasteiger partial charge in [0.15, 0.2) is 0 Å². The van der Waals surface area contributed by atoms with E-state index in [9.17, 15) is 23.9 Å². The number of rotatable bonds is 7. The first-order valence-corrected chi connectivity index (χ1v) is 9.79. The molecular weight excluding hydrogens is 395 g/mol. The summed E-state index contributed by atoms with van der Waals surface area (Å²) in [6.45, 7) is 0.409. The van der Waals surface area contributed by atoms with Crippen molar-refractivity contribution >= 4 is 34.9 Å². The van der Waals surface area contributed by atoms with Gasteiger partial charge in [-0.1, -0.05) is 24.3 Å². The van der Waals surface area contributed by atoms with E-state index in [-0.39, 0.29) is 35.3 Å². The summed E-state index contributed by atoms with van der Waals surface area (Å²) >= 11 is 0.801. The smallest absolute Gasteiger partial charge is 0.293 e. The van der Waals surface area contributed by atoms with Crippen LogP contribution >= 0.6 is 11.8 Å². The first-order chi connectivity index (χ1) is 13.9. The fraction of sp³-hybridized carbons (Fsp3) is 0.190. The highest BCUT2D eigenvalue weighted by Crippen LogP contribution is 2.32. The van der Waals surface area contributed by atoms with Crippen LogP contribution in [0.4, 0.5) is 9.18 Å². The third kappa shape index (κ3) is 5.68. The molecule has 3 amide bonds. The summed E-state index contributed by atoms with van der Waals surface area (Å²) in [5, 5.41) is 11.6. The molecule has 0 aliphatic carbocycles.